The molecule has 2 rings (SSSR count). The SMILES string of the molecule is CCOc1cccc(/C=C(/C#N)C(=O)Nc2ccccc2Cl)c1. The largest absolute Gasteiger partial charge is 0.494 e. The summed E-state index contributed by atoms with van der Waals surface area (Å²) in [4.78, 5) is 12.2. The molecule has 0 saturated heterocycles. The van der Waals surface area contributed by atoms with E-state index in [1.54, 1.807) is 42.5 Å². The highest BCUT2D eigenvalue weighted by atomic mass is 35.5. The molecule has 2 aromatic carbocycles. The van der Waals surface area contributed by atoms with E-state index in [1.807, 2.05) is 19.1 Å². The minimum Gasteiger partial charge on any atom is -0.494 e. The molecule has 0 aliphatic rings. The van der Waals surface area contributed by atoms with E-state index in [9.17, 15) is 10.1 Å². The first-order valence-corrected chi connectivity index (χ1v) is 7.42. The molecule has 2 aromatic rings. The average molecular weight is 327 g/mol. The van der Waals surface area contributed by atoms with Gasteiger partial charge in [-0.25, -0.2) is 0 Å². The molecule has 0 atom stereocenters. The van der Waals surface area contributed by atoms with Gasteiger partial charge in [0.15, 0.2) is 0 Å². The fourth-order valence-corrected chi connectivity index (χ4v) is 2.11. The summed E-state index contributed by atoms with van der Waals surface area (Å²) in [6, 6.07) is 15.9. The molecule has 1 N–H and O–H groups in total. The van der Waals surface area contributed by atoms with Crippen LogP contribution in [0.3, 0.4) is 0 Å². The number of amides is 1. The van der Waals surface area contributed by atoms with Crippen LogP contribution in [0.2, 0.25) is 5.02 Å². The molecule has 23 heavy (non-hydrogen) atoms. The lowest BCUT2D eigenvalue weighted by Crippen LogP contribution is -2.13. The van der Waals surface area contributed by atoms with Gasteiger partial charge in [0, 0.05) is 0 Å². The molecule has 5 heteroatoms. The number of carbonyl (C=O) groups excluding carboxylic acids is 1. The number of nitriles is 1. The zero-order chi connectivity index (χ0) is 16.7. The monoisotopic (exact) mass is 326 g/mol. The van der Waals surface area contributed by atoms with Crippen LogP contribution in [0.15, 0.2) is 54.1 Å². The summed E-state index contributed by atoms with van der Waals surface area (Å²) in [5.41, 5.74) is 1.16. The first-order chi connectivity index (χ1) is 11.1. The van der Waals surface area contributed by atoms with Gasteiger partial charge in [0.1, 0.15) is 17.4 Å². The van der Waals surface area contributed by atoms with E-state index in [4.69, 9.17) is 16.3 Å². The van der Waals surface area contributed by atoms with Gasteiger partial charge in [0.2, 0.25) is 0 Å². The normalized spacial score (nSPS) is 10.7. The lowest BCUT2D eigenvalue weighted by molar-refractivity contribution is -0.112. The van der Waals surface area contributed by atoms with Gasteiger partial charge < -0.3 is 10.1 Å². The van der Waals surface area contributed by atoms with Crippen LogP contribution in [-0.2, 0) is 4.79 Å². The van der Waals surface area contributed by atoms with Crippen molar-refractivity contribution < 1.29 is 9.53 Å². The van der Waals surface area contributed by atoms with Crippen LogP contribution in [0.1, 0.15) is 12.5 Å². The second kappa shape index (κ2) is 8.02. The molecule has 0 fully saturated rings. The van der Waals surface area contributed by atoms with Gasteiger partial charge in [-0.15, -0.1) is 0 Å². The fraction of sp³-hybridized carbons (Fsp3) is 0.111. The van der Waals surface area contributed by atoms with E-state index < -0.39 is 5.91 Å². The van der Waals surface area contributed by atoms with Crippen LogP contribution < -0.4 is 10.1 Å². The lowest BCUT2D eigenvalue weighted by atomic mass is 10.1. The Morgan fingerprint density at radius 3 is 2.78 bits per heavy atom. The molecule has 1 amide bonds. The number of para-hydroxylation sites is 1. The van der Waals surface area contributed by atoms with Crippen molar-refractivity contribution in [3.63, 3.8) is 0 Å². The number of halogens is 1. The number of carbonyl (C=O) groups is 1. The van der Waals surface area contributed by atoms with Crippen LogP contribution in [-0.4, -0.2) is 12.5 Å². The standard InChI is InChI=1S/C18H15ClN2O2/c1-2-23-15-7-5-6-13(11-15)10-14(12-20)18(22)21-17-9-4-3-8-16(17)19/h3-11H,2H2,1H3,(H,21,22)/b14-10-. The van der Waals surface area contributed by atoms with Crippen molar-refractivity contribution >= 4 is 29.3 Å². The third-order valence-electron chi connectivity index (χ3n) is 2.97. The Kier molecular flexibility index (Phi) is 5.79. The van der Waals surface area contributed by atoms with E-state index in [0.717, 1.165) is 0 Å². The molecular formula is C18H15ClN2O2. The average Bonchev–Trinajstić information content (AvgIpc) is 2.55. The molecular weight excluding hydrogens is 312 g/mol. The molecule has 0 spiro atoms. The van der Waals surface area contributed by atoms with Gasteiger partial charge >= 0.3 is 0 Å². The Hall–Kier alpha value is -2.77. The fourth-order valence-electron chi connectivity index (χ4n) is 1.93. The second-order valence-electron chi connectivity index (χ2n) is 4.61. The van der Waals surface area contributed by atoms with Gasteiger partial charge in [0.05, 0.1) is 17.3 Å². The van der Waals surface area contributed by atoms with Crippen molar-refractivity contribution in [2.24, 2.45) is 0 Å². The number of hydrogen-bond donors (Lipinski definition) is 1. The summed E-state index contributed by atoms with van der Waals surface area (Å²) in [5, 5.41) is 12.3. The van der Waals surface area contributed by atoms with E-state index in [0.29, 0.717) is 28.6 Å². The molecule has 0 bridgehead atoms. The molecule has 116 valence electrons. The Bertz CT molecular complexity index is 779. The molecule has 0 saturated carbocycles. The van der Waals surface area contributed by atoms with Crippen molar-refractivity contribution in [3.05, 3.63) is 64.7 Å². The van der Waals surface area contributed by atoms with Crippen molar-refractivity contribution in [3.8, 4) is 11.8 Å². The second-order valence-corrected chi connectivity index (χ2v) is 5.02. The number of rotatable bonds is 5. The summed E-state index contributed by atoms with van der Waals surface area (Å²) >= 11 is 6.00. The third-order valence-corrected chi connectivity index (χ3v) is 3.30. The smallest absolute Gasteiger partial charge is 0.266 e. The van der Waals surface area contributed by atoms with Crippen LogP contribution in [0, 0.1) is 11.3 Å². The minimum absolute atomic E-state index is 0.0152. The van der Waals surface area contributed by atoms with Crippen molar-refractivity contribution in [2.75, 3.05) is 11.9 Å². The highest BCUT2D eigenvalue weighted by molar-refractivity contribution is 6.34. The maximum absolute atomic E-state index is 12.2. The molecule has 4 nitrogen and oxygen atoms in total. The summed E-state index contributed by atoms with van der Waals surface area (Å²) in [6.45, 7) is 2.44. The number of benzene rings is 2. The van der Waals surface area contributed by atoms with E-state index in [1.165, 1.54) is 6.08 Å². The van der Waals surface area contributed by atoms with Crippen LogP contribution >= 0.6 is 11.6 Å². The molecule has 0 aliphatic heterocycles. The highest BCUT2D eigenvalue weighted by Crippen LogP contribution is 2.21. The molecule has 0 aliphatic carbocycles. The van der Waals surface area contributed by atoms with Gasteiger partial charge in [-0.2, -0.15) is 5.26 Å². The highest BCUT2D eigenvalue weighted by Gasteiger charge is 2.11. The van der Waals surface area contributed by atoms with Crippen molar-refractivity contribution in [1.29, 1.82) is 5.26 Å². The summed E-state index contributed by atoms with van der Waals surface area (Å²) in [7, 11) is 0. The van der Waals surface area contributed by atoms with Crippen molar-refractivity contribution in [1.82, 2.24) is 0 Å². The van der Waals surface area contributed by atoms with Crippen molar-refractivity contribution in [2.45, 2.75) is 6.92 Å². The van der Waals surface area contributed by atoms with Crippen LogP contribution in [0.5, 0.6) is 5.75 Å². The maximum Gasteiger partial charge on any atom is 0.266 e. The Morgan fingerprint density at radius 1 is 1.30 bits per heavy atom. The number of hydrogen-bond acceptors (Lipinski definition) is 3. The predicted octanol–water partition coefficient (Wildman–Crippen LogP) is 4.28. The minimum atomic E-state index is -0.512. The number of nitrogens with one attached hydrogen (secondary N) is 1. The van der Waals surface area contributed by atoms with Crippen LogP contribution in [0.25, 0.3) is 6.08 Å². The molecule has 0 unspecified atom stereocenters. The van der Waals surface area contributed by atoms with Gasteiger partial charge in [-0.3, -0.25) is 4.79 Å². The first kappa shape index (κ1) is 16.6. The quantitative estimate of drug-likeness (QED) is 0.658. The number of anilines is 1. The van der Waals surface area contributed by atoms with Gasteiger partial charge in [-0.05, 0) is 42.8 Å². The summed E-state index contributed by atoms with van der Waals surface area (Å²) < 4.78 is 5.40. The predicted molar refractivity (Wildman–Crippen MR) is 91.3 cm³/mol. The van der Waals surface area contributed by atoms with E-state index in [2.05, 4.69) is 5.32 Å². The Labute approximate surface area is 140 Å². The summed E-state index contributed by atoms with van der Waals surface area (Å²) in [5.74, 6) is 0.174. The van der Waals surface area contributed by atoms with E-state index >= 15 is 0 Å². The lowest BCUT2D eigenvalue weighted by Gasteiger charge is -2.06. The Morgan fingerprint density at radius 2 is 2.09 bits per heavy atom. The van der Waals surface area contributed by atoms with Gasteiger partial charge in [0.25, 0.3) is 5.91 Å². The van der Waals surface area contributed by atoms with Gasteiger partial charge in [-0.1, -0.05) is 35.9 Å². The first-order valence-electron chi connectivity index (χ1n) is 7.04. The zero-order valence-electron chi connectivity index (χ0n) is 12.5. The topological polar surface area (TPSA) is 62.1 Å². The summed E-state index contributed by atoms with van der Waals surface area (Å²) in [6.07, 6.45) is 1.51. The maximum atomic E-state index is 12.2. The molecule has 0 heterocycles. The third kappa shape index (κ3) is 4.60. The molecule has 0 aromatic heterocycles. The molecule has 0 radical (unpaired) electrons. The van der Waals surface area contributed by atoms with E-state index in [-0.39, 0.29) is 5.57 Å². The number of nitrogens with zero attached hydrogens (tertiary/aromatic N) is 1. The number of ether oxygens (including phenoxy) is 1. The van der Waals surface area contributed by atoms with Crippen LogP contribution in [0.4, 0.5) is 5.69 Å². The zero-order valence-corrected chi connectivity index (χ0v) is 13.3. The Balaban J connectivity index is 2.22.